The molecule has 2 aromatic carbocycles. The van der Waals surface area contributed by atoms with Crippen LogP contribution in [0.1, 0.15) is 63.5 Å². The Kier molecular flexibility index (Phi) is 11.9. The highest BCUT2D eigenvalue weighted by atomic mass is 16.5. The van der Waals surface area contributed by atoms with Crippen LogP contribution in [-0.4, -0.2) is 32.2 Å². The summed E-state index contributed by atoms with van der Waals surface area (Å²) in [5.74, 6) is 1.62. The SMILES string of the molecule is C=CCC(CCC/C=C(\C)OCCC1=C(c2ccccc2)COC(c2ccccc2)=N1)C(CC)C(=O)OC. The van der Waals surface area contributed by atoms with Gasteiger partial charge in [0.1, 0.15) is 6.61 Å². The summed E-state index contributed by atoms with van der Waals surface area (Å²) in [5, 5.41) is 0. The monoisotopic (exact) mass is 515 g/mol. The molecule has 1 heterocycles. The van der Waals surface area contributed by atoms with Gasteiger partial charge in [0.15, 0.2) is 0 Å². The lowest BCUT2D eigenvalue weighted by Gasteiger charge is -2.23. The largest absolute Gasteiger partial charge is 0.498 e. The zero-order valence-electron chi connectivity index (χ0n) is 23.0. The Morgan fingerprint density at radius 3 is 2.42 bits per heavy atom. The molecule has 2 aromatic rings. The molecule has 38 heavy (non-hydrogen) atoms. The number of rotatable bonds is 15. The molecule has 0 aromatic heterocycles. The molecule has 0 radical (unpaired) electrons. The van der Waals surface area contributed by atoms with Crippen molar-refractivity contribution in [2.24, 2.45) is 16.8 Å². The molecule has 3 rings (SSSR count). The van der Waals surface area contributed by atoms with Gasteiger partial charge in [0.2, 0.25) is 5.90 Å². The predicted octanol–water partition coefficient (Wildman–Crippen LogP) is 7.75. The van der Waals surface area contributed by atoms with E-state index in [1.54, 1.807) is 0 Å². The molecule has 0 saturated heterocycles. The second kappa shape index (κ2) is 15.6. The first-order valence-electron chi connectivity index (χ1n) is 13.6. The summed E-state index contributed by atoms with van der Waals surface area (Å²) in [5.41, 5.74) is 4.19. The maximum atomic E-state index is 12.2. The topological polar surface area (TPSA) is 57.1 Å². The van der Waals surface area contributed by atoms with Crippen LogP contribution in [0, 0.1) is 11.8 Å². The van der Waals surface area contributed by atoms with E-state index in [9.17, 15) is 4.79 Å². The van der Waals surface area contributed by atoms with Crippen molar-refractivity contribution in [2.75, 3.05) is 20.3 Å². The van der Waals surface area contributed by atoms with Crippen LogP contribution in [0.4, 0.5) is 0 Å². The van der Waals surface area contributed by atoms with Gasteiger partial charge in [-0.1, -0.05) is 61.5 Å². The Bertz CT molecular complexity index is 1120. The van der Waals surface area contributed by atoms with Gasteiger partial charge < -0.3 is 14.2 Å². The number of allylic oxidation sites excluding steroid dienone is 3. The molecule has 0 N–H and O–H groups in total. The van der Waals surface area contributed by atoms with Crippen molar-refractivity contribution in [2.45, 2.75) is 52.4 Å². The molecule has 202 valence electrons. The van der Waals surface area contributed by atoms with Gasteiger partial charge in [-0.25, -0.2) is 4.99 Å². The van der Waals surface area contributed by atoms with E-state index < -0.39 is 0 Å². The smallest absolute Gasteiger partial charge is 0.308 e. The number of carbonyl (C=O) groups excluding carboxylic acids is 1. The third-order valence-corrected chi connectivity index (χ3v) is 6.94. The third kappa shape index (κ3) is 8.47. The Balaban J connectivity index is 1.59. The van der Waals surface area contributed by atoms with Crippen molar-refractivity contribution in [3.05, 3.63) is 102 Å². The first-order chi connectivity index (χ1) is 18.6. The van der Waals surface area contributed by atoms with E-state index in [4.69, 9.17) is 19.2 Å². The second-order valence-electron chi connectivity index (χ2n) is 9.53. The number of unbranched alkanes of at least 4 members (excludes halogenated alkanes) is 1. The number of ether oxygens (including phenoxy) is 3. The summed E-state index contributed by atoms with van der Waals surface area (Å²) < 4.78 is 17.1. The fraction of sp³-hybridized carbons (Fsp3) is 0.394. The van der Waals surface area contributed by atoms with E-state index >= 15 is 0 Å². The van der Waals surface area contributed by atoms with E-state index in [1.165, 1.54) is 7.11 Å². The van der Waals surface area contributed by atoms with Crippen molar-refractivity contribution in [3.8, 4) is 0 Å². The maximum Gasteiger partial charge on any atom is 0.308 e. The second-order valence-corrected chi connectivity index (χ2v) is 9.53. The molecule has 0 bridgehead atoms. The van der Waals surface area contributed by atoms with Crippen LogP contribution in [-0.2, 0) is 19.0 Å². The fourth-order valence-electron chi connectivity index (χ4n) is 4.87. The maximum absolute atomic E-state index is 12.2. The van der Waals surface area contributed by atoms with Crippen LogP contribution < -0.4 is 0 Å². The number of nitrogens with zero attached hydrogens (tertiary/aromatic N) is 1. The van der Waals surface area contributed by atoms with Crippen molar-refractivity contribution in [1.29, 1.82) is 0 Å². The molecule has 5 nitrogen and oxygen atoms in total. The molecule has 2 atom stereocenters. The van der Waals surface area contributed by atoms with E-state index in [0.717, 1.165) is 60.3 Å². The molecular weight excluding hydrogens is 474 g/mol. The van der Waals surface area contributed by atoms with Crippen molar-refractivity contribution in [3.63, 3.8) is 0 Å². The average molecular weight is 516 g/mol. The van der Waals surface area contributed by atoms with E-state index in [0.29, 0.717) is 25.5 Å². The lowest BCUT2D eigenvalue weighted by Crippen LogP contribution is -2.24. The highest BCUT2D eigenvalue weighted by molar-refractivity contribution is 5.97. The Labute approximate surface area is 227 Å². The van der Waals surface area contributed by atoms with Crippen LogP contribution in [0.3, 0.4) is 0 Å². The normalized spacial score (nSPS) is 15.2. The van der Waals surface area contributed by atoms with E-state index in [2.05, 4.69) is 24.8 Å². The van der Waals surface area contributed by atoms with Gasteiger partial charge in [-0.3, -0.25) is 4.79 Å². The average Bonchev–Trinajstić information content (AvgIpc) is 2.96. The van der Waals surface area contributed by atoms with Gasteiger partial charge >= 0.3 is 5.97 Å². The summed E-state index contributed by atoms with van der Waals surface area (Å²) >= 11 is 0. The van der Waals surface area contributed by atoms with Crippen molar-refractivity contribution < 1.29 is 19.0 Å². The summed E-state index contributed by atoms with van der Waals surface area (Å²) in [6.45, 7) is 8.94. The minimum Gasteiger partial charge on any atom is -0.498 e. The van der Waals surface area contributed by atoms with Crippen molar-refractivity contribution in [1.82, 2.24) is 0 Å². The molecule has 0 aliphatic carbocycles. The van der Waals surface area contributed by atoms with Crippen LogP contribution >= 0.6 is 0 Å². The van der Waals surface area contributed by atoms with Gasteiger partial charge in [0.25, 0.3) is 0 Å². The summed E-state index contributed by atoms with van der Waals surface area (Å²) in [4.78, 5) is 17.0. The summed E-state index contributed by atoms with van der Waals surface area (Å²) in [7, 11) is 1.46. The minimum absolute atomic E-state index is 0.0767. The molecule has 2 unspecified atom stereocenters. The minimum atomic E-state index is -0.121. The first-order valence-corrected chi connectivity index (χ1v) is 13.6. The van der Waals surface area contributed by atoms with Crippen LogP contribution in [0.2, 0.25) is 0 Å². The third-order valence-electron chi connectivity index (χ3n) is 6.94. The molecule has 1 aliphatic heterocycles. The number of benzene rings is 2. The predicted molar refractivity (Wildman–Crippen MR) is 155 cm³/mol. The molecule has 5 heteroatoms. The Hall–Kier alpha value is -3.60. The summed E-state index contributed by atoms with van der Waals surface area (Å²) in [6.07, 6.45) is 9.17. The Morgan fingerprint density at radius 2 is 1.79 bits per heavy atom. The van der Waals surface area contributed by atoms with Crippen LogP contribution in [0.15, 0.2) is 95.8 Å². The number of aliphatic imine (C=N–C) groups is 1. The molecule has 0 spiro atoms. The zero-order chi connectivity index (χ0) is 27.2. The highest BCUT2D eigenvalue weighted by Crippen LogP contribution is 2.29. The molecule has 0 fully saturated rings. The number of carbonyl (C=O) groups is 1. The standard InChI is InChI=1S/C33H41NO4/c1-5-15-26(29(6-2)33(35)36-4)19-14-13-16-25(3)37-23-22-31-30(27-17-9-7-10-18-27)24-38-32(34-31)28-20-11-8-12-21-28/h5,7-12,16-18,20-21,26,29H,1,6,13-15,19,22-24H2,2-4H3/b25-16+. The van der Waals surface area contributed by atoms with Gasteiger partial charge in [0, 0.05) is 17.6 Å². The summed E-state index contributed by atoms with van der Waals surface area (Å²) in [6, 6.07) is 20.3. The van der Waals surface area contributed by atoms with Gasteiger partial charge in [-0.2, -0.15) is 0 Å². The molecule has 0 saturated carbocycles. The quantitative estimate of drug-likeness (QED) is 0.105. The first kappa shape index (κ1) is 29.0. The van der Waals surface area contributed by atoms with Gasteiger partial charge in [-0.15, -0.1) is 6.58 Å². The molecule has 1 aliphatic rings. The number of hydrogen-bond acceptors (Lipinski definition) is 5. The van der Waals surface area contributed by atoms with Crippen molar-refractivity contribution >= 4 is 17.4 Å². The lowest BCUT2D eigenvalue weighted by molar-refractivity contribution is -0.147. The van der Waals surface area contributed by atoms with Gasteiger partial charge in [0.05, 0.1) is 31.1 Å². The molecule has 0 amide bonds. The van der Waals surface area contributed by atoms with E-state index in [-0.39, 0.29) is 17.8 Å². The number of hydrogen-bond donors (Lipinski definition) is 0. The Morgan fingerprint density at radius 1 is 1.11 bits per heavy atom. The van der Waals surface area contributed by atoms with Crippen LogP contribution in [0.5, 0.6) is 0 Å². The lowest BCUT2D eigenvalue weighted by atomic mass is 9.83. The highest BCUT2D eigenvalue weighted by Gasteiger charge is 2.26. The van der Waals surface area contributed by atoms with E-state index in [1.807, 2.05) is 68.5 Å². The van der Waals surface area contributed by atoms with Gasteiger partial charge in [-0.05, 0) is 68.7 Å². The fourth-order valence-corrected chi connectivity index (χ4v) is 4.87. The van der Waals surface area contributed by atoms with Crippen LogP contribution in [0.25, 0.3) is 5.57 Å². The number of esters is 1. The number of methoxy groups -OCH3 is 1. The molecular formula is C33H41NO4. The zero-order valence-corrected chi connectivity index (χ0v) is 23.0.